The van der Waals surface area contributed by atoms with E-state index in [2.05, 4.69) is 18.5 Å². The molecule has 0 spiro atoms. The van der Waals surface area contributed by atoms with Gasteiger partial charge in [0.25, 0.3) is 5.91 Å². The molecule has 1 atom stereocenters. The summed E-state index contributed by atoms with van der Waals surface area (Å²) in [5, 5.41) is 5.04. The van der Waals surface area contributed by atoms with Gasteiger partial charge in [-0.3, -0.25) is 4.79 Å². The van der Waals surface area contributed by atoms with Crippen LogP contribution in [0.4, 0.5) is 5.69 Å². The third-order valence-corrected chi connectivity index (χ3v) is 4.13. The molecular weight excluding hydrogens is 268 g/mol. The Morgan fingerprint density at radius 3 is 2.60 bits per heavy atom. The first kappa shape index (κ1) is 14.7. The summed E-state index contributed by atoms with van der Waals surface area (Å²) in [4.78, 5) is 12.2. The number of nitrogens with one attached hydrogen (secondary N) is 1. The van der Waals surface area contributed by atoms with Crippen LogP contribution in [0.25, 0.3) is 10.8 Å². The predicted molar refractivity (Wildman–Crippen MR) is 88.2 cm³/mol. The highest BCUT2D eigenvalue weighted by atomic mass is 32.2. The van der Waals surface area contributed by atoms with Gasteiger partial charge in [0.15, 0.2) is 0 Å². The first-order valence-corrected chi connectivity index (χ1v) is 8.06. The SMILES string of the molecule is CSCC(C)CNC(=O)c1cc2ccccc2cc1N. The van der Waals surface area contributed by atoms with E-state index in [1.807, 2.05) is 36.4 Å². The number of carbonyl (C=O) groups excluding carboxylic acids is 1. The Balaban J connectivity index is 2.15. The van der Waals surface area contributed by atoms with Crippen molar-refractivity contribution in [3.05, 3.63) is 42.0 Å². The number of hydrogen-bond donors (Lipinski definition) is 2. The molecule has 0 heterocycles. The molecule has 1 unspecified atom stereocenters. The number of benzene rings is 2. The van der Waals surface area contributed by atoms with E-state index in [0.717, 1.165) is 16.5 Å². The summed E-state index contributed by atoms with van der Waals surface area (Å²) in [6.45, 7) is 2.80. The summed E-state index contributed by atoms with van der Waals surface area (Å²) in [5.74, 6) is 1.39. The van der Waals surface area contributed by atoms with Crippen molar-refractivity contribution in [2.24, 2.45) is 5.92 Å². The van der Waals surface area contributed by atoms with Gasteiger partial charge in [-0.15, -0.1) is 0 Å². The fraction of sp³-hybridized carbons (Fsp3) is 0.312. The van der Waals surface area contributed by atoms with Crippen LogP contribution >= 0.6 is 11.8 Å². The molecule has 0 aliphatic rings. The van der Waals surface area contributed by atoms with Gasteiger partial charge >= 0.3 is 0 Å². The lowest BCUT2D eigenvalue weighted by Crippen LogP contribution is -2.29. The second-order valence-electron chi connectivity index (χ2n) is 5.06. The van der Waals surface area contributed by atoms with Crippen molar-refractivity contribution in [2.45, 2.75) is 6.92 Å². The molecule has 2 rings (SSSR count). The quantitative estimate of drug-likeness (QED) is 0.831. The Bertz CT molecular complexity index is 612. The Hall–Kier alpha value is -1.68. The Kier molecular flexibility index (Phi) is 4.90. The Labute approximate surface area is 123 Å². The minimum atomic E-state index is -0.0961. The van der Waals surface area contributed by atoms with E-state index in [1.54, 1.807) is 11.8 Å². The largest absolute Gasteiger partial charge is 0.398 e. The van der Waals surface area contributed by atoms with Gasteiger partial charge in [-0.2, -0.15) is 11.8 Å². The van der Waals surface area contributed by atoms with Gasteiger partial charge in [-0.1, -0.05) is 31.2 Å². The molecule has 3 nitrogen and oxygen atoms in total. The molecule has 0 fully saturated rings. The van der Waals surface area contributed by atoms with Crippen molar-refractivity contribution in [1.82, 2.24) is 5.32 Å². The molecule has 3 N–H and O–H groups in total. The first-order chi connectivity index (χ1) is 9.61. The number of carbonyl (C=O) groups is 1. The number of rotatable bonds is 5. The lowest BCUT2D eigenvalue weighted by atomic mass is 10.0. The molecule has 106 valence electrons. The molecule has 1 amide bonds. The maximum Gasteiger partial charge on any atom is 0.253 e. The van der Waals surface area contributed by atoms with Gasteiger partial charge in [-0.25, -0.2) is 0 Å². The van der Waals surface area contributed by atoms with Crippen LogP contribution in [-0.2, 0) is 0 Å². The summed E-state index contributed by atoms with van der Waals surface area (Å²) in [5.41, 5.74) is 7.07. The number of nitrogens with two attached hydrogens (primary N) is 1. The van der Waals surface area contributed by atoms with Crippen molar-refractivity contribution in [2.75, 3.05) is 24.3 Å². The number of hydrogen-bond acceptors (Lipinski definition) is 3. The van der Waals surface area contributed by atoms with Gasteiger partial charge in [0, 0.05) is 12.2 Å². The van der Waals surface area contributed by atoms with Crippen LogP contribution in [0.3, 0.4) is 0 Å². The van der Waals surface area contributed by atoms with Gasteiger partial charge < -0.3 is 11.1 Å². The minimum Gasteiger partial charge on any atom is -0.398 e. The maximum absolute atomic E-state index is 12.2. The van der Waals surface area contributed by atoms with E-state index >= 15 is 0 Å². The van der Waals surface area contributed by atoms with Crippen LogP contribution in [-0.4, -0.2) is 24.5 Å². The van der Waals surface area contributed by atoms with Crippen LogP contribution in [0.2, 0.25) is 0 Å². The monoisotopic (exact) mass is 288 g/mol. The molecule has 0 aromatic heterocycles. The lowest BCUT2D eigenvalue weighted by molar-refractivity contribution is 0.0950. The highest BCUT2D eigenvalue weighted by Gasteiger charge is 2.12. The topological polar surface area (TPSA) is 55.1 Å². The number of anilines is 1. The average Bonchev–Trinajstić information content (AvgIpc) is 2.44. The summed E-state index contributed by atoms with van der Waals surface area (Å²) in [7, 11) is 0. The van der Waals surface area contributed by atoms with E-state index in [1.165, 1.54) is 0 Å². The number of nitrogen functional groups attached to an aromatic ring is 1. The fourth-order valence-corrected chi connectivity index (χ4v) is 2.85. The zero-order valence-electron chi connectivity index (χ0n) is 11.8. The van der Waals surface area contributed by atoms with Gasteiger partial charge in [-0.05, 0) is 40.8 Å². The zero-order chi connectivity index (χ0) is 14.5. The molecule has 20 heavy (non-hydrogen) atoms. The van der Waals surface area contributed by atoms with E-state index in [0.29, 0.717) is 23.7 Å². The summed E-state index contributed by atoms with van der Waals surface area (Å²) in [6, 6.07) is 11.6. The van der Waals surface area contributed by atoms with Crippen molar-refractivity contribution in [1.29, 1.82) is 0 Å². The highest BCUT2D eigenvalue weighted by Crippen LogP contribution is 2.21. The summed E-state index contributed by atoms with van der Waals surface area (Å²) in [6.07, 6.45) is 2.07. The minimum absolute atomic E-state index is 0.0961. The third-order valence-electron chi connectivity index (χ3n) is 3.22. The van der Waals surface area contributed by atoms with Crippen molar-refractivity contribution < 1.29 is 4.79 Å². The smallest absolute Gasteiger partial charge is 0.253 e. The highest BCUT2D eigenvalue weighted by molar-refractivity contribution is 7.98. The average molecular weight is 288 g/mol. The summed E-state index contributed by atoms with van der Waals surface area (Å²) >= 11 is 1.79. The molecular formula is C16H20N2OS. The van der Waals surface area contributed by atoms with E-state index in [4.69, 9.17) is 5.73 Å². The second kappa shape index (κ2) is 6.66. The lowest BCUT2D eigenvalue weighted by Gasteiger charge is -2.13. The van der Waals surface area contributed by atoms with Gasteiger partial charge in [0.2, 0.25) is 0 Å². The first-order valence-electron chi connectivity index (χ1n) is 6.67. The molecule has 2 aromatic rings. The molecule has 2 aromatic carbocycles. The van der Waals surface area contributed by atoms with Crippen LogP contribution in [0.1, 0.15) is 17.3 Å². The van der Waals surface area contributed by atoms with E-state index < -0.39 is 0 Å². The number of amides is 1. The standard InChI is InChI=1S/C16H20N2OS/c1-11(10-20-2)9-18-16(19)14-7-12-5-3-4-6-13(12)8-15(14)17/h3-8,11H,9-10,17H2,1-2H3,(H,18,19). The Morgan fingerprint density at radius 2 is 1.95 bits per heavy atom. The van der Waals surface area contributed by atoms with Crippen molar-refractivity contribution in [3.63, 3.8) is 0 Å². The second-order valence-corrected chi connectivity index (χ2v) is 5.97. The zero-order valence-corrected chi connectivity index (χ0v) is 12.7. The summed E-state index contributed by atoms with van der Waals surface area (Å²) < 4.78 is 0. The van der Waals surface area contributed by atoms with Crippen LogP contribution < -0.4 is 11.1 Å². The van der Waals surface area contributed by atoms with Crippen LogP contribution in [0, 0.1) is 5.92 Å². The molecule has 0 saturated heterocycles. The van der Waals surface area contributed by atoms with Crippen molar-refractivity contribution >= 4 is 34.1 Å². The molecule has 4 heteroatoms. The third kappa shape index (κ3) is 3.45. The van der Waals surface area contributed by atoms with E-state index in [-0.39, 0.29) is 5.91 Å². The Morgan fingerprint density at radius 1 is 1.30 bits per heavy atom. The molecule has 0 saturated carbocycles. The molecule has 0 aliphatic carbocycles. The van der Waals surface area contributed by atoms with Gasteiger partial charge in [0.05, 0.1) is 5.56 Å². The normalized spacial score (nSPS) is 12.3. The van der Waals surface area contributed by atoms with E-state index in [9.17, 15) is 4.79 Å². The maximum atomic E-state index is 12.2. The van der Waals surface area contributed by atoms with Crippen LogP contribution in [0.5, 0.6) is 0 Å². The molecule has 0 bridgehead atoms. The van der Waals surface area contributed by atoms with Crippen molar-refractivity contribution in [3.8, 4) is 0 Å². The molecule has 0 radical (unpaired) electrons. The fourth-order valence-electron chi connectivity index (χ4n) is 2.16. The predicted octanol–water partition coefficient (Wildman–Crippen LogP) is 3.15. The number of fused-ring (bicyclic) bond motifs is 1. The molecule has 0 aliphatic heterocycles. The van der Waals surface area contributed by atoms with Gasteiger partial charge in [0.1, 0.15) is 0 Å². The number of thioether (sulfide) groups is 1. The van der Waals surface area contributed by atoms with Crippen LogP contribution in [0.15, 0.2) is 36.4 Å².